The summed E-state index contributed by atoms with van der Waals surface area (Å²) < 4.78 is 15.1. The first kappa shape index (κ1) is 20.7. The zero-order chi connectivity index (χ0) is 20.5. The Kier molecular flexibility index (Phi) is 7.37. The minimum Gasteiger partial charge on any atom is -0.493 e. The lowest BCUT2D eigenvalue weighted by molar-refractivity contribution is -0.143. The van der Waals surface area contributed by atoms with E-state index in [-0.39, 0.29) is 12.6 Å². The molecule has 1 fully saturated rings. The van der Waals surface area contributed by atoms with Crippen molar-refractivity contribution >= 4 is 29.9 Å². The second-order valence-corrected chi connectivity index (χ2v) is 5.90. The lowest BCUT2D eigenvalue weighted by atomic mass is 10.2. The van der Waals surface area contributed by atoms with Gasteiger partial charge in [-0.25, -0.2) is 9.59 Å². The number of hydrogen-bond acceptors (Lipinski definition) is 7. The number of primary amides is 1. The molecule has 0 spiro atoms. The van der Waals surface area contributed by atoms with E-state index in [1.54, 1.807) is 18.2 Å². The molecule has 10 heteroatoms. The number of ether oxygens (including phenoxy) is 3. The summed E-state index contributed by atoms with van der Waals surface area (Å²) in [5, 5.41) is 4.64. The highest BCUT2D eigenvalue weighted by Crippen LogP contribution is 2.28. The third-order valence-corrected chi connectivity index (χ3v) is 3.48. The summed E-state index contributed by atoms with van der Waals surface area (Å²) in [5.74, 6) is -1.44. The van der Waals surface area contributed by atoms with E-state index < -0.39 is 30.4 Å². The maximum absolute atomic E-state index is 11.7. The Balaban J connectivity index is 1.81. The molecule has 4 amide bonds. The normalized spacial score (nSPS) is 12.9. The molecule has 0 aliphatic heterocycles. The summed E-state index contributed by atoms with van der Waals surface area (Å²) in [6.45, 7) is -0.872. The van der Waals surface area contributed by atoms with Gasteiger partial charge in [0.1, 0.15) is 0 Å². The van der Waals surface area contributed by atoms with Crippen molar-refractivity contribution in [2.24, 2.45) is 5.73 Å². The Morgan fingerprint density at radius 3 is 2.57 bits per heavy atom. The summed E-state index contributed by atoms with van der Waals surface area (Å²) >= 11 is 0. The average molecular weight is 391 g/mol. The van der Waals surface area contributed by atoms with Gasteiger partial charge in [-0.3, -0.25) is 14.9 Å². The molecule has 2 rings (SSSR count). The number of amides is 4. The number of hydrogen-bond donors (Lipinski definition) is 3. The fourth-order valence-corrected chi connectivity index (χ4v) is 2.02. The van der Waals surface area contributed by atoms with Gasteiger partial charge in [0, 0.05) is 12.1 Å². The largest absolute Gasteiger partial charge is 0.493 e. The maximum Gasteiger partial charge on any atom is 0.331 e. The lowest BCUT2D eigenvalue weighted by Gasteiger charge is -2.10. The predicted molar refractivity (Wildman–Crippen MR) is 97.4 cm³/mol. The van der Waals surface area contributed by atoms with Crippen LogP contribution in [0.1, 0.15) is 18.4 Å². The zero-order valence-electron chi connectivity index (χ0n) is 15.2. The van der Waals surface area contributed by atoms with Crippen LogP contribution in [0.2, 0.25) is 0 Å². The van der Waals surface area contributed by atoms with E-state index in [4.69, 9.17) is 19.9 Å². The Bertz CT molecular complexity index is 787. The first-order valence-electron chi connectivity index (χ1n) is 8.41. The average Bonchev–Trinajstić information content (AvgIpc) is 3.46. The van der Waals surface area contributed by atoms with Crippen molar-refractivity contribution in [2.45, 2.75) is 18.9 Å². The molecule has 0 saturated heterocycles. The summed E-state index contributed by atoms with van der Waals surface area (Å²) in [6, 6.07) is 4.26. The molecule has 0 atom stereocenters. The van der Waals surface area contributed by atoms with Crippen LogP contribution in [0.25, 0.3) is 6.08 Å². The molecule has 1 aliphatic carbocycles. The Morgan fingerprint density at radius 1 is 1.18 bits per heavy atom. The molecule has 4 N–H and O–H groups in total. The van der Waals surface area contributed by atoms with E-state index in [9.17, 15) is 19.2 Å². The number of urea groups is 1. The van der Waals surface area contributed by atoms with Gasteiger partial charge in [-0.05, 0) is 36.6 Å². The van der Waals surface area contributed by atoms with Crippen molar-refractivity contribution in [3.8, 4) is 11.5 Å². The minimum absolute atomic E-state index is 0.114. The van der Waals surface area contributed by atoms with Crippen LogP contribution in [0, 0.1) is 0 Å². The standard InChI is InChI=1S/C18H21N3O7/c1-26-14-8-11(2-6-13(14)27-9-15(19)22)3-7-17(24)28-10-16(23)21-18(25)20-12-4-5-12/h2-3,6-8,12H,4-5,9-10H2,1H3,(H2,19,22)(H2,20,21,23,25)/b7-3+. The van der Waals surface area contributed by atoms with E-state index in [1.807, 2.05) is 0 Å². The summed E-state index contributed by atoms with van der Waals surface area (Å²) in [4.78, 5) is 45.4. The molecule has 1 aromatic rings. The van der Waals surface area contributed by atoms with Crippen molar-refractivity contribution in [3.63, 3.8) is 0 Å². The molecule has 0 radical (unpaired) electrons. The first-order valence-corrected chi connectivity index (χ1v) is 8.41. The van der Waals surface area contributed by atoms with Crippen LogP contribution in [-0.2, 0) is 19.1 Å². The number of carbonyl (C=O) groups is 4. The second-order valence-electron chi connectivity index (χ2n) is 5.90. The zero-order valence-corrected chi connectivity index (χ0v) is 15.2. The quantitative estimate of drug-likeness (QED) is 0.400. The highest BCUT2D eigenvalue weighted by molar-refractivity contribution is 5.96. The fraction of sp³-hybridized carbons (Fsp3) is 0.333. The van der Waals surface area contributed by atoms with Crippen LogP contribution in [0.3, 0.4) is 0 Å². The highest BCUT2D eigenvalue weighted by atomic mass is 16.5. The van der Waals surface area contributed by atoms with Crippen LogP contribution < -0.4 is 25.8 Å². The molecular weight excluding hydrogens is 370 g/mol. The molecule has 28 heavy (non-hydrogen) atoms. The molecule has 150 valence electrons. The molecule has 1 saturated carbocycles. The first-order chi connectivity index (χ1) is 13.4. The summed E-state index contributed by atoms with van der Waals surface area (Å²) in [5.41, 5.74) is 5.62. The van der Waals surface area contributed by atoms with Gasteiger partial charge in [-0.1, -0.05) is 6.07 Å². The van der Waals surface area contributed by atoms with Crippen LogP contribution in [0.4, 0.5) is 4.79 Å². The summed E-state index contributed by atoms with van der Waals surface area (Å²) in [7, 11) is 1.42. The number of methoxy groups -OCH3 is 1. The predicted octanol–water partition coefficient (Wildman–Crippen LogP) is 0.104. The van der Waals surface area contributed by atoms with Crippen molar-refractivity contribution < 1.29 is 33.4 Å². The Labute approximate surface area is 161 Å². The van der Waals surface area contributed by atoms with Crippen LogP contribution in [0.15, 0.2) is 24.3 Å². The molecule has 10 nitrogen and oxygen atoms in total. The topological polar surface area (TPSA) is 146 Å². The van der Waals surface area contributed by atoms with Gasteiger partial charge in [0.05, 0.1) is 7.11 Å². The van der Waals surface area contributed by atoms with E-state index in [0.717, 1.165) is 18.9 Å². The molecule has 0 bridgehead atoms. The van der Waals surface area contributed by atoms with Gasteiger partial charge in [0.15, 0.2) is 24.7 Å². The van der Waals surface area contributed by atoms with Gasteiger partial charge < -0.3 is 25.3 Å². The fourth-order valence-electron chi connectivity index (χ4n) is 2.02. The Hall–Kier alpha value is -3.56. The van der Waals surface area contributed by atoms with Crippen LogP contribution in [0.5, 0.6) is 11.5 Å². The maximum atomic E-state index is 11.7. The molecular formula is C18H21N3O7. The van der Waals surface area contributed by atoms with Gasteiger partial charge >= 0.3 is 12.0 Å². The number of nitrogens with two attached hydrogens (primary N) is 1. The number of imide groups is 1. The van der Waals surface area contributed by atoms with E-state index in [2.05, 4.69) is 10.6 Å². The van der Waals surface area contributed by atoms with E-state index in [0.29, 0.717) is 17.1 Å². The molecule has 0 aromatic heterocycles. The summed E-state index contributed by atoms with van der Waals surface area (Å²) in [6.07, 6.45) is 4.35. The minimum atomic E-state index is -0.759. The van der Waals surface area contributed by atoms with Gasteiger partial charge in [-0.2, -0.15) is 0 Å². The lowest BCUT2D eigenvalue weighted by Crippen LogP contribution is -2.42. The van der Waals surface area contributed by atoms with Crippen LogP contribution in [-0.4, -0.2) is 50.2 Å². The van der Waals surface area contributed by atoms with E-state index >= 15 is 0 Å². The molecule has 1 aliphatic rings. The second kappa shape index (κ2) is 9.95. The molecule has 0 unspecified atom stereocenters. The molecule has 1 aromatic carbocycles. The van der Waals surface area contributed by atoms with Crippen molar-refractivity contribution in [2.75, 3.05) is 20.3 Å². The smallest absolute Gasteiger partial charge is 0.331 e. The number of carbonyl (C=O) groups excluding carboxylic acids is 4. The SMILES string of the molecule is COc1cc(/C=C/C(=O)OCC(=O)NC(=O)NC2CC2)ccc1OCC(N)=O. The number of nitrogens with one attached hydrogen (secondary N) is 2. The highest BCUT2D eigenvalue weighted by Gasteiger charge is 2.24. The molecule has 0 heterocycles. The third kappa shape index (κ3) is 7.36. The van der Waals surface area contributed by atoms with Gasteiger partial charge in [-0.15, -0.1) is 0 Å². The van der Waals surface area contributed by atoms with E-state index in [1.165, 1.54) is 13.2 Å². The van der Waals surface area contributed by atoms with Crippen molar-refractivity contribution in [3.05, 3.63) is 29.8 Å². The van der Waals surface area contributed by atoms with Crippen molar-refractivity contribution in [1.82, 2.24) is 10.6 Å². The number of rotatable bonds is 9. The Morgan fingerprint density at radius 2 is 1.93 bits per heavy atom. The third-order valence-electron chi connectivity index (χ3n) is 3.48. The van der Waals surface area contributed by atoms with Gasteiger partial charge in [0.2, 0.25) is 0 Å². The van der Waals surface area contributed by atoms with Crippen molar-refractivity contribution in [1.29, 1.82) is 0 Å². The van der Waals surface area contributed by atoms with Gasteiger partial charge in [0.25, 0.3) is 11.8 Å². The van der Waals surface area contributed by atoms with Crippen LogP contribution >= 0.6 is 0 Å². The number of benzene rings is 1. The number of esters is 1. The monoisotopic (exact) mass is 391 g/mol.